The van der Waals surface area contributed by atoms with Crippen LogP contribution in [0.15, 0.2) is 54.6 Å². The van der Waals surface area contributed by atoms with E-state index in [0.717, 1.165) is 24.0 Å². The highest BCUT2D eigenvalue weighted by molar-refractivity contribution is 5.99. The molecule has 0 aliphatic heterocycles. The number of aryl methyl sites for hydroxylation is 1. The molecule has 0 saturated heterocycles. The number of ether oxygens (including phenoxy) is 2. The van der Waals surface area contributed by atoms with Crippen molar-refractivity contribution in [2.24, 2.45) is 0 Å². The van der Waals surface area contributed by atoms with Crippen LogP contribution in [0.3, 0.4) is 0 Å². The van der Waals surface area contributed by atoms with Crippen molar-refractivity contribution < 1.29 is 23.9 Å². The molecule has 0 unspecified atom stereocenters. The summed E-state index contributed by atoms with van der Waals surface area (Å²) in [6, 6.07) is 14.5. The van der Waals surface area contributed by atoms with Crippen LogP contribution in [-0.2, 0) is 20.7 Å². The van der Waals surface area contributed by atoms with Crippen LogP contribution in [0.25, 0.3) is 6.08 Å². The molecule has 30 heavy (non-hydrogen) atoms. The van der Waals surface area contributed by atoms with Crippen molar-refractivity contribution in [2.75, 3.05) is 19.8 Å². The minimum absolute atomic E-state index is 0.0427. The van der Waals surface area contributed by atoms with E-state index < -0.39 is 5.97 Å². The van der Waals surface area contributed by atoms with Gasteiger partial charge >= 0.3 is 5.97 Å². The monoisotopic (exact) mass is 409 g/mol. The molecule has 0 aliphatic carbocycles. The first-order valence-electron chi connectivity index (χ1n) is 9.93. The summed E-state index contributed by atoms with van der Waals surface area (Å²) >= 11 is 0. The number of amides is 1. The topological polar surface area (TPSA) is 81.7 Å². The van der Waals surface area contributed by atoms with Crippen LogP contribution in [0.4, 0.5) is 0 Å². The Bertz CT molecular complexity index is 887. The molecular formula is C24H27NO5. The number of para-hydroxylation sites is 1. The molecule has 0 radical (unpaired) electrons. The summed E-state index contributed by atoms with van der Waals surface area (Å²) in [5, 5.41) is 2.75. The molecule has 6 heteroatoms. The van der Waals surface area contributed by atoms with E-state index in [1.54, 1.807) is 18.2 Å². The summed E-state index contributed by atoms with van der Waals surface area (Å²) < 4.78 is 10.6. The predicted octanol–water partition coefficient (Wildman–Crippen LogP) is 3.59. The van der Waals surface area contributed by atoms with Gasteiger partial charge in [-0.05, 0) is 37.5 Å². The van der Waals surface area contributed by atoms with Crippen molar-refractivity contribution in [3.05, 3.63) is 71.3 Å². The fourth-order valence-corrected chi connectivity index (χ4v) is 2.75. The molecule has 0 bridgehead atoms. The first-order valence-corrected chi connectivity index (χ1v) is 9.93. The van der Waals surface area contributed by atoms with Crippen molar-refractivity contribution in [1.82, 2.24) is 5.32 Å². The molecule has 0 atom stereocenters. The smallest absolute Gasteiger partial charge is 0.331 e. The van der Waals surface area contributed by atoms with Gasteiger partial charge in [0.05, 0.1) is 6.61 Å². The van der Waals surface area contributed by atoms with Crippen molar-refractivity contribution >= 4 is 23.7 Å². The van der Waals surface area contributed by atoms with E-state index >= 15 is 0 Å². The van der Waals surface area contributed by atoms with Crippen LogP contribution in [0.1, 0.15) is 41.8 Å². The highest BCUT2D eigenvalue weighted by Crippen LogP contribution is 2.19. The van der Waals surface area contributed by atoms with Crippen molar-refractivity contribution in [3.63, 3.8) is 0 Å². The predicted molar refractivity (Wildman–Crippen MR) is 115 cm³/mol. The van der Waals surface area contributed by atoms with Gasteiger partial charge in [0, 0.05) is 30.7 Å². The number of rotatable bonds is 11. The van der Waals surface area contributed by atoms with E-state index in [1.165, 1.54) is 13.0 Å². The van der Waals surface area contributed by atoms with E-state index in [4.69, 9.17) is 9.47 Å². The van der Waals surface area contributed by atoms with Crippen molar-refractivity contribution in [2.45, 2.75) is 26.7 Å². The Morgan fingerprint density at radius 3 is 2.47 bits per heavy atom. The molecule has 2 aromatic rings. The third-order valence-electron chi connectivity index (χ3n) is 4.26. The number of hydrogen-bond acceptors (Lipinski definition) is 5. The van der Waals surface area contributed by atoms with E-state index in [1.807, 2.05) is 43.3 Å². The summed E-state index contributed by atoms with van der Waals surface area (Å²) in [7, 11) is 0. The summed E-state index contributed by atoms with van der Waals surface area (Å²) in [6.45, 7) is 4.20. The zero-order valence-corrected chi connectivity index (χ0v) is 17.4. The molecule has 158 valence electrons. The second-order valence-electron chi connectivity index (χ2n) is 6.62. The molecule has 1 N–H and O–H groups in total. The lowest BCUT2D eigenvalue weighted by Crippen LogP contribution is -2.21. The molecule has 0 spiro atoms. The molecule has 0 saturated carbocycles. The van der Waals surface area contributed by atoms with Gasteiger partial charge in [0.15, 0.2) is 12.4 Å². The molecule has 0 heterocycles. The van der Waals surface area contributed by atoms with Gasteiger partial charge in [-0.3, -0.25) is 9.59 Å². The molecule has 6 nitrogen and oxygen atoms in total. The molecule has 2 aromatic carbocycles. The highest BCUT2D eigenvalue weighted by Gasteiger charge is 2.09. The zero-order chi connectivity index (χ0) is 21.8. The molecule has 0 aromatic heterocycles. The van der Waals surface area contributed by atoms with E-state index in [9.17, 15) is 14.4 Å². The average molecular weight is 409 g/mol. The van der Waals surface area contributed by atoms with Crippen LogP contribution in [-0.4, -0.2) is 37.4 Å². The van der Waals surface area contributed by atoms with Gasteiger partial charge in [-0.1, -0.05) is 42.5 Å². The third kappa shape index (κ3) is 7.91. The number of carbonyl (C=O) groups excluding carboxylic acids is 3. The summed E-state index contributed by atoms with van der Waals surface area (Å²) in [4.78, 5) is 35.0. The van der Waals surface area contributed by atoms with Gasteiger partial charge in [0.1, 0.15) is 5.75 Å². The Kier molecular flexibility index (Phi) is 9.31. The van der Waals surface area contributed by atoms with E-state index in [2.05, 4.69) is 5.32 Å². The van der Waals surface area contributed by atoms with Crippen molar-refractivity contribution in [1.29, 1.82) is 0 Å². The van der Waals surface area contributed by atoms with Crippen molar-refractivity contribution in [3.8, 4) is 5.75 Å². The first-order chi connectivity index (χ1) is 14.5. The number of ketones is 1. The Balaban J connectivity index is 1.81. The number of Topliss-reactive ketones (excluding diaryl/α,β-unsaturated/α-hetero) is 1. The molecule has 1 amide bonds. The molecular weight excluding hydrogens is 382 g/mol. The van der Waals surface area contributed by atoms with Gasteiger partial charge in [-0.2, -0.15) is 0 Å². The fourth-order valence-electron chi connectivity index (χ4n) is 2.75. The van der Waals surface area contributed by atoms with E-state index in [0.29, 0.717) is 24.5 Å². The Hall–Kier alpha value is -3.41. The summed E-state index contributed by atoms with van der Waals surface area (Å²) in [6.07, 6.45) is 4.51. The minimum atomic E-state index is -0.593. The summed E-state index contributed by atoms with van der Waals surface area (Å²) in [5.41, 5.74) is 2.32. The minimum Gasteiger partial charge on any atom is -0.493 e. The van der Waals surface area contributed by atoms with Crippen LogP contribution < -0.4 is 10.1 Å². The second kappa shape index (κ2) is 12.2. The largest absolute Gasteiger partial charge is 0.493 e. The van der Waals surface area contributed by atoms with Gasteiger partial charge in [-0.15, -0.1) is 0 Å². The number of nitrogens with one attached hydrogen (secondary N) is 1. The van der Waals surface area contributed by atoms with E-state index in [-0.39, 0.29) is 18.3 Å². The third-order valence-corrected chi connectivity index (χ3v) is 4.26. The van der Waals surface area contributed by atoms with Gasteiger partial charge in [0.25, 0.3) is 0 Å². The van der Waals surface area contributed by atoms with Crippen LogP contribution in [0.5, 0.6) is 5.75 Å². The number of esters is 1. The SMILES string of the molecule is CCOc1ccccc1/C=C/C(=O)OCC(=O)c1ccc(CCCNC(C)=O)cc1. The number of benzene rings is 2. The molecule has 2 rings (SSSR count). The first kappa shape index (κ1) is 22.9. The normalized spacial score (nSPS) is 10.6. The van der Waals surface area contributed by atoms with Gasteiger partial charge in [-0.25, -0.2) is 4.79 Å². The average Bonchev–Trinajstić information content (AvgIpc) is 2.75. The summed E-state index contributed by atoms with van der Waals surface area (Å²) in [5.74, 6) is -0.225. The Morgan fingerprint density at radius 1 is 1.03 bits per heavy atom. The second-order valence-corrected chi connectivity index (χ2v) is 6.62. The number of hydrogen-bond donors (Lipinski definition) is 1. The van der Waals surface area contributed by atoms with Crippen LogP contribution in [0.2, 0.25) is 0 Å². The maximum atomic E-state index is 12.2. The quantitative estimate of drug-likeness (QED) is 0.265. The molecule has 0 aliphatic rings. The lowest BCUT2D eigenvalue weighted by Gasteiger charge is -2.06. The van der Waals surface area contributed by atoms with Gasteiger partial charge < -0.3 is 14.8 Å². The van der Waals surface area contributed by atoms with Crippen LogP contribution >= 0.6 is 0 Å². The fraction of sp³-hybridized carbons (Fsp3) is 0.292. The maximum absolute atomic E-state index is 12.2. The lowest BCUT2D eigenvalue weighted by molar-refractivity contribution is -0.136. The van der Waals surface area contributed by atoms with Gasteiger partial charge in [0.2, 0.25) is 5.91 Å². The highest BCUT2D eigenvalue weighted by atomic mass is 16.5. The lowest BCUT2D eigenvalue weighted by atomic mass is 10.1. The Labute approximate surface area is 176 Å². The molecule has 0 fully saturated rings. The van der Waals surface area contributed by atoms with Crippen LogP contribution in [0, 0.1) is 0 Å². The zero-order valence-electron chi connectivity index (χ0n) is 17.4. The standard InChI is InChI=1S/C24H27NO5/c1-3-29-23-9-5-4-8-21(23)14-15-24(28)30-17-22(27)20-12-10-19(11-13-20)7-6-16-25-18(2)26/h4-5,8-15H,3,6-7,16-17H2,1-2H3,(H,25,26)/b15-14+. The maximum Gasteiger partial charge on any atom is 0.331 e. The number of carbonyl (C=O) groups is 3. The Morgan fingerprint density at radius 2 is 1.77 bits per heavy atom.